The van der Waals surface area contributed by atoms with Gasteiger partial charge in [0.05, 0.1) is 17.7 Å². The quantitative estimate of drug-likeness (QED) is 0.828. The summed E-state index contributed by atoms with van der Waals surface area (Å²) in [5, 5.41) is 3.25. The monoisotopic (exact) mass is 338 g/mol. The Kier molecular flexibility index (Phi) is 5.67. The predicted molar refractivity (Wildman–Crippen MR) is 89.8 cm³/mol. The average Bonchev–Trinajstić information content (AvgIpc) is 3.23. The molecule has 0 bridgehead atoms. The molecule has 0 aromatic carbocycles. The van der Waals surface area contributed by atoms with E-state index in [-0.39, 0.29) is 12.0 Å². The summed E-state index contributed by atoms with van der Waals surface area (Å²) in [4.78, 5) is 19.2. The van der Waals surface area contributed by atoms with Crippen molar-refractivity contribution < 1.29 is 14.3 Å². The minimum atomic E-state index is -0.393. The van der Waals surface area contributed by atoms with Gasteiger partial charge in [0.1, 0.15) is 6.10 Å². The lowest BCUT2D eigenvalue weighted by atomic mass is 9.98. The van der Waals surface area contributed by atoms with Gasteiger partial charge < -0.3 is 14.4 Å². The molecule has 5 nitrogen and oxygen atoms in total. The Bertz CT molecular complexity index is 528. The second-order valence-corrected chi connectivity index (χ2v) is 7.45. The molecule has 0 N–H and O–H groups in total. The third-order valence-electron chi connectivity index (χ3n) is 4.62. The molecule has 2 fully saturated rings. The first-order chi connectivity index (χ1) is 11.1. The van der Waals surface area contributed by atoms with E-state index < -0.39 is 6.10 Å². The lowest BCUT2D eigenvalue weighted by Crippen LogP contribution is -2.44. The summed E-state index contributed by atoms with van der Waals surface area (Å²) in [6.45, 7) is 6.81. The van der Waals surface area contributed by atoms with Gasteiger partial charge in [-0.25, -0.2) is 4.98 Å². The van der Waals surface area contributed by atoms with Gasteiger partial charge in [0, 0.05) is 36.7 Å². The molecule has 6 heteroatoms. The van der Waals surface area contributed by atoms with Crippen molar-refractivity contribution in [1.29, 1.82) is 0 Å². The minimum Gasteiger partial charge on any atom is -0.376 e. The number of likely N-dealkylation sites (tertiary alicyclic amines) is 1. The molecular weight excluding hydrogens is 312 g/mol. The van der Waals surface area contributed by atoms with Crippen molar-refractivity contribution in [2.24, 2.45) is 0 Å². The number of aromatic nitrogens is 1. The number of piperidine rings is 1. The molecule has 0 saturated carbocycles. The summed E-state index contributed by atoms with van der Waals surface area (Å²) in [5.74, 6) is 0.470. The fourth-order valence-electron chi connectivity index (χ4n) is 3.29. The maximum Gasteiger partial charge on any atom is 0.251 e. The van der Waals surface area contributed by atoms with Gasteiger partial charge in [-0.3, -0.25) is 4.79 Å². The fourth-order valence-corrected chi connectivity index (χ4v) is 4.22. The molecule has 1 amide bonds. The van der Waals surface area contributed by atoms with Crippen LogP contribution in [0.4, 0.5) is 0 Å². The molecule has 3 atom stereocenters. The molecule has 0 radical (unpaired) electrons. The zero-order valence-electron chi connectivity index (χ0n) is 14.0. The van der Waals surface area contributed by atoms with Crippen LogP contribution in [0.2, 0.25) is 0 Å². The Morgan fingerprint density at radius 1 is 1.52 bits per heavy atom. The van der Waals surface area contributed by atoms with E-state index in [1.54, 1.807) is 11.3 Å². The highest BCUT2D eigenvalue weighted by molar-refractivity contribution is 7.09. The summed E-state index contributed by atoms with van der Waals surface area (Å²) in [5.41, 5.74) is 1.07. The smallest absolute Gasteiger partial charge is 0.251 e. The highest BCUT2D eigenvalue weighted by Gasteiger charge is 2.29. The van der Waals surface area contributed by atoms with Gasteiger partial charge in [0.2, 0.25) is 0 Å². The van der Waals surface area contributed by atoms with Crippen LogP contribution in [0.1, 0.15) is 49.2 Å². The number of carbonyl (C=O) groups excluding carboxylic acids is 1. The Morgan fingerprint density at radius 3 is 3.09 bits per heavy atom. The number of hydrogen-bond donors (Lipinski definition) is 0. The number of amides is 1. The van der Waals surface area contributed by atoms with E-state index >= 15 is 0 Å². The van der Waals surface area contributed by atoms with Crippen molar-refractivity contribution in [2.45, 2.75) is 57.7 Å². The molecule has 2 aliphatic heterocycles. The van der Waals surface area contributed by atoms with E-state index in [1.807, 2.05) is 18.7 Å². The summed E-state index contributed by atoms with van der Waals surface area (Å²) in [7, 11) is 0. The van der Waals surface area contributed by atoms with Crippen molar-refractivity contribution >= 4 is 17.2 Å². The van der Waals surface area contributed by atoms with Crippen LogP contribution in [0, 0.1) is 6.92 Å². The number of ether oxygens (including phenoxy) is 2. The third-order valence-corrected chi connectivity index (χ3v) is 5.75. The Balaban J connectivity index is 1.51. The molecule has 2 saturated heterocycles. The molecule has 2 aliphatic rings. The van der Waals surface area contributed by atoms with E-state index in [0.717, 1.165) is 56.1 Å². The van der Waals surface area contributed by atoms with E-state index in [2.05, 4.69) is 10.4 Å². The number of thiazole rings is 1. The summed E-state index contributed by atoms with van der Waals surface area (Å²) in [6.07, 6.45) is 4.05. The first-order valence-electron chi connectivity index (χ1n) is 8.57. The van der Waals surface area contributed by atoms with Crippen molar-refractivity contribution in [3.05, 3.63) is 16.1 Å². The van der Waals surface area contributed by atoms with Crippen LogP contribution >= 0.6 is 11.3 Å². The summed E-state index contributed by atoms with van der Waals surface area (Å²) in [6, 6.07) is 0. The van der Waals surface area contributed by atoms with Crippen LogP contribution in [-0.2, 0) is 14.3 Å². The van der Waals surface area contributed by atoms with Crippen LogP contribution in [0.25, 0.3) is 0 Å². The molecule has 0 unspecified atom stereocenters. The predicted octanol–water partition coefficient (Wildman–Crippen LogP) is 2.74. The van der Waals surface area contributed by atoms with E-state index in [9.17, 15) is 4.79 Å². The van der Waals surface area contributed by atoms with E-state index in [1.165, 1.54) is 0 Å². The molecular formula is C17H26N2O3S. The van der Waals surface area contributed by atoms with Crippen molar-refractivity contribution in [3.63, 3.8) is 0 Å². The molecule has 3 rings (SSSR count). The van der Waals surface area contributed by atoms with Crippen LogP contribution in [0.3, 0.4) is 0 Å². The fraction of sp³-hybridized carbons (Fsp3) is 0.765. The van der Waals surface area contributed by atoms with Crippen LogP contribution in [0.5, 0.6) is 0 Å². The highest BCUT2D eigenvalue weighted by atomic mass is 32.1. The minimum absolute atomic E-state index is 0.0981. The number of aryl methyl sites for hydroxylation is 1. The van der Waals surface area contributed by atoms with E-state index in [4.69, 9.17) is 9.47 Å². The lowest BCUT2D eigenvalue weighted by Gasteiger charge is -2.33. The summed E-state index contributed by atoms with van der Waals surface area (Å²) >= 11 is 1.71. The lowest BCUT2D eigenvalue weighted by molar-refractivity contribution is -0.145. The van der Waals surface area contributed by atoms with Crippen LogP contribution in [-0.4, -0.2) is 54.3 Å². The Morgan fingerprint density at radius 2 is 2.39 bits per heavy atom. The van der Waals surface area contributed by atoms with Gasteiger partial charge in [-0.15, -0.1) is 11.3 Å². The number of carbonyl (C=O) groups is 1. The molecule has 0 spiro atoms. The van der Waals surface area contributed by atoms with Gasteiger partial charge in [0.15, 0.2) is 0 Å². The van der Waals surface area contributed by atoms with Crippen LogP contribution in [0.15, 0.2) is 5.38 Å². The normalized spacial score (nSPS) is 26.4. The van der Waals surface area contributed by atoms with Crippen molar-refractivity contribution in [3.8, 4) is 0 Å². The van der Waals surface area contributed by atoms with Gasteiger partial charge in [-0.1, -0.05) is 0 Å². The molecule has 23 heavy (non-hydrogen) atoms. The highest BCUT2D eigenvalue weighted by Crippen LogP contribution is 2.29. The summed E-state index contributed by atoms with van der Waals surface area (Å²) < 4.78 is 11.3. The zero-order chi connectivity index (χ0) is 16.2. The molecule has 3 heterocycles. The number of hydrogen-bond acceptors (Lipinski definition) is 5. The second-order valence-electron chi connectivity index (χ2n) is 6.56. The maximum absolute atomic E-state index is 12.6. The molecule has 128 valence electrons. The van der Waals surface area contributed by atoms with Gasteiger partial charge in [-0.2, -0.15) is 0 Å². The van der Waals surface area contributed by atoms with Gasteiger partial charge >= 0.3 is 0 Å². The SMILES string of the molecule is Cc1csc([C@@H]2CCCN(C(=O)[C@@H](C)OC[C@H]3CCCO3)C2)n1. The zero-order valence-corrected chi connectivity index (χ0v) is 14.8. The van der Waals surface area contributed by atoms with Crippen molar-refractivity contribution in [1.82, 2.24) is 9.88 Å². The number of rotatable bonds is 5. The first-order valence-corrected chi connectivity index (χ1v) is 9.45. The average molecular weight is 338 g/mol. The third kappa shape index (κ3) is 4.31. The molecule has 1 aromatic heterocycles. The first kappa shape index (κ1) is 16.9. The Hall–Kier alpha value is -0.980. The second kappa shape index (κ2) is 7.73. The Labute approximate surface area is 142 Å². The topological polar surface area (TPSA) is 51.7 Å². The van der Waals surface area contributed by atoms with Gasteiger partial charge in [0.25, 0.3) is 5.91 Å². The maximum atomic E-state index is 12.6. The standard InChI is InChI=1S/C17H26N2O3S/c1-12-11-23-16(18-12)14-5-3-7-19(9-14)17(20)13(2)22-10-15-6-4-8-21-15/h11,13-15H,3-10H2,1-2H3/t13-,14-,15-/m1/s1. The van der Waals surface area contributed by atoms with Gasteiger partial charge in [-0.05, 0) is 39.5 Å². The largest absolute Gasteiger partial charge is 0.376 e. The number of nitrogens with zero attached hydrogens (tertiary/aromatic N) is 2. The van der Waals surface area contributed by atoms with E-state index in [0.29, 0.717) is 12.5 Å². The van der Waals surface area contributed by atoms with Crippen molar-refractivity contribution in [2.75, 3.05) is 26.3 Å². The molecule has 1 aromatic rings. The van der Waals surface area contributed by atoms with Crippen LogP contribution < -0.4 is 0 Å². The molecule has 0 aliphatic carbocycles.